The fraction of sp³-hybridized carbons (Fsp3) is 0.417. The first kappa shape index (κ1) is 9.31. The number of benzene rings is 1. The molecule has 0 saturated heterocycles. The molecule has 0 bridgehead atoms. The molecule has 1 unspecified atom stereocenters. The van der Waals surface area contributed by atoms with Crippen molar-refractivity contribution in [2.45, 2.75) is 26.7 Å². The highest BCUT2D eigenvalue weighted by molar-refractivity contribution is 5.25. The predicted molar refractivity (Wildman–Crippen MR) is 54.1 cm³/mol. The summed E-state index contributed by atoms with van der Waals surface area (Å²) >= 11 is 0. The molecule has 0 heterocycles. The Balaban J connectivity index is 2.82. The van der Waals surface area contributed by atoms with Gasteiger partial charge in [-0.2, -0.15) is 0 Å². The molecule has 0 fully saturated rings. The minimum absolute atomic E-state index is 0.422. The summed E-state index contributed by atoms with van der Waals surface area (Å²) in [4.78, 5) is 0. The van der Waals surface area contributed by atoms with Gasteiger partial charge in [0.25, 0.3) is 0 Å². The van der Waals surface area contributed by atoms with E-state index in [1.807, 2.05) is 0 Å². The van der Waals surface area contributed by atoms with Gasteiger partial charge < -0.3 is 0 Å². The smallest absolute Gasteiger partial charge is 0.0139 e. The molecule has 1 radical (unpaired) electrons. The zero-order valence-corrected chi connectivity index (χ0v) is 8.17. The number of rotatable bonds is 2. The molecule has 0 amide bonds. The molecule has 1 rings (SSSR count). The summed E-state index contributed by atoms with van der Waals surface area (Å²) in [7, 11) is 0. The van der Waals surface area contributed by atoms with Crippen LogP contribution in [0.15, 0.2) is 24.3 Å². The van der Waals surface area contributed by atoms with E-state index < -0.39 is 0 Å². The summed E-state index contributed by atoms with van der Waals surface area (Å²) in [6.45, 7) is 10.7. The summed E-state index contributed by atoms with van der Waals surface area (Å²) in [5, 5.41) is 0. The highest BCUT2D eigenvalue weighted by Gasteiger charge is 2.08. The Labute approximate surface area is 75.6 Å². The van der Waals surface area contributed by atoms with Crippen LogP contribution >= 0.6 is 0 Å². The fourth-order valence-corrected chi connectivity index (χ4v) is 1.20. The molecule has 0 aliphatic rings. The quantitative estimate of drug-likeness (QED) is 0.622. The van der Waals surface area contributed by atoms with Crippen molar-refractivity contribution in [2.24, 2.45) is 5.92 Å². The first-order valence-electron chi connectivity index (χ1n) is 4.51. The van der Waals surface area contributed by atoms with Crippen molar-refractivity contribution in [1.29, 1.82) is 0 Å². The molecule has 0 aliphatic heterocycles. The van der Waals surface area contributed by atoms with E-state index in [-0.39, 0.29) is 0 Å². The minimum atomic E-state index is 0.422. The number of hydrogen-bond acceptors (Lipinski definition) is 0. The van der Waals surface area contributed by atoms with Crippen LogP contribution in [0.1, 0.15) is 30.9 Å². The van der Waals surface area contributed by atoms with E-state index in [0.29, 0.717) is 11.8 Å². The van der Waals surface area contributed by atoms with Gasteiger partial charge in [-0.25, -0.2) is 0 Å². The highest BCUT2D eigenvalue weighted by atomic mass is 14.1. The first-order valence-corrected chi connectivity index (χ1v) is 4.51. The van der Waals surface area contributed by atoms with Crippen LogP contribution in [-0.4, -0.2) is 0 Å². The Morgan fingerprint density at radius 2 is 1.58 bits per heavy atom. The third kappa shape index (κ3) is 2.10. The topological polar surface area (TPSA) is 0 Å². The van der Waals surface area contributed by atoms with Gasteiger partial charge in [0.15, 0.2) is 0 Å². The Hall–Kier alpha value is -0.780. The van der Waals surface area contributed by atoms with Crippen LogP contribution in [-0.2, 0) is 0 Å². The van der Waals surface area contributed by atoms with E-state index in [2.05, 4.69) is 52.0 Å². The zero-order valence-electron chi connectivity index (χ0n) is 8.17. The van der Waals surface area contributed by atoms with Gasteiger partial charge in [-0.05, 0) is 31.2 Å². The molecule has 0 aliphatic carbocycles. The maximum Gasteiger partial charge on any atom is -0.0139 e. The van der Waals surface area contributed by atoms with Crippen molar-refractivity contribution >= 4 is 0 Å². The lowest BCUT2D eigenvalue weighted by Gasteiger charge is -2.15. The van der Waals surface area contributed by atoms with Crippen molar-refractivity contribution in [3.8, 4) is 0 Å². The van der Waals surface area contributed by atoms with Crippen LogP contribution in [0.5, 0.6) is 0 Å². The first-order chi connectivity index (χ1) is 5.61. The van der Waals surface area contributed by atoms with Crippen molar-refractivity contribution in [2.75, 3.05) is 0 Å². The summed E-state index contributed by atoms with van der Waals surface area (Å²) < 4.78 is 0. The molecule has 0 aromatic heterocycles. The lowest BCUT2D eigenvalue weighted by molar-refractivity contribution is 0.575. The molecule has 0 spiro atoms. The summed E-state index contributed by atoms with van der Waals surface area (Å²) in [6, 6.07) is 8.64. The molecular weight excluding hydrogens is 144 g/mol. The predicted octanol–water partition coefficient (Wildman–Crippen LogP) is 3.57. The molecular formula is C12H17. The van der Waals surface area contributed by atoms with Gasteiger partial charge in [-0.3, -0.25) is 0 Å². The summed E-state index contributed by atoms with van der Waals surface area (Å²) in [5.41, 5.74) is 2.66. The van der Waals surface area contributed by atoms with E-state index in [0.717, 1.165) is 0 Å². The van der Waals surface area contributed by atoms with Crippen LogP contribution in [0, 0.1) is 19.8 Å². The van der Waals surface area contributed by atoms with Crippen molar-refractivity contribution < 1.29 is 0 Å². The molecule has 12 heavy (non-hydrogen) atoms. The molecule has 1 aromatic rings. The molecule has 0 saturated carbocycles. The zero-order chi connectivity index (χ0) is 9.14. The normalized spacial score (nSPS) is 13.4. The highest BCUT2D eigenvalue weighted by Crippen LogP contribution is 2.22. The van der Waals surface area contributed by atoms with Gasteiger partial charge in [-0.1, -0.05) is 43.7 Å². The SMILES string of the molecule is [CH2]C(c1ccc(C)cc1)C(C)C. The number of hydrogen-bond donors (Lipinski definition) is 0. The molecule has 0 heteroatoms. The molecule has 0 nitrogen and oxygen atoms in total. The third-order valence-corrected chi connectivity index (χ3v) is 2.31. The fourth-order valence-electron chi connectivity index (χ4n) is 1.20. The van der Waals surface area contributed by atoms with E-state index in [1.54, 1.807) is 0 Å². The minimum Gasteiger partial charge on any atom is -0.0622 e. The average molecular weight is 161 g/mol. The molecule has 1 atom stereocenters. The maximum atomic E-state index is 4.14. The van der Waals surface area contributed by atoms with E-state index in [1.165, 1.54) is 11.1 Å². The molecule has 1 aromatic carbocycles. The van der Waals surface area contributed by atoms with Crippen LogP contribution in [0.25, 0.3) is 0 Å². The van der Waals surface area contributed by atoms with Crippen LogP contribution in [0.4, 0.5) is 0 Å². The second-order valence-electron chi connectivity index (χ2n) is 3.76. The summed E-state index contributed by atoms with van der Waals surface area (Å²) in [5.74, 6) is 1.04. The van der Waals surface area contributed by atoms with Crippen molar-refractivity contribution in [1.82, 2.24) is 0 Å². The lowest BCUT2D eigenvalue weighted by Crippen LogP contribution is -2.01. The molecule has 65 valence electrons. The Kier molecular flexibility index (Phi) is 2.91. The van der Waals surface area contributed by atoms with Crippen molar-refractivity contribution in [3.05, 3.63) is 42.3 Å². The van der Waals surface area contributed by atoms with Gasteiger partial charge in [-0.15, -0.1) is 0 Å². The summed E-state index contributed by atoms with van der Waals surface area (Å²) in [6.07, 6.45) is 0. The van der Waals surface area contributed by atoms with Crippen LogP contribution < -0.4 is 0 Å². The molecule has 0 N–H and O–H groups in total. The van der Waals surface area contributed by atoms with Crippen molar-refractivity contribution in [3.63, 3.8) is 0 Å². The van der Waals surface area contributed by atoms with E-state index >= 15 is 0 Å². The maximum absolute atomic E-state index is 4.14. The Morgan fingerprint density at radius 1 is 1.08 bits per heavy atom. The Bertz CT molecular complexity index is 231. The van der Waals surface area contributed by atoms with Crippen LogP contribution in [0.2, 0.25) is 0 Å². The average Bonchev–Trinajstić information content (AvgIpc) is 2.04. The van der Waals surface area contributed by atoms with Gasteiger partial charge in [0, 0.05) is 0 Å². The Morgan fingerprint density at radius 3 is 2.00 bits per heavy atom. The van der Waals surface area contributed by atoms with Gasteiger partial charge in [0.2, 0.25) is 0 Å². The lowest BCUT2D eigenvalue weighted by atomic mass is 9.90. The van der Waals surface area contributed by atoms with Gasteiger partial charge in [0.1, 0.15) is 0 Å². The van der Waals surface area contributed by atoms with E-state index in [9.17, 15) is 0 Å². The second kappa shape index (κ2) is 3.75. The van der Waals surface area contributed by atoms with Gasteiger partial charge >= 0.3 is 0 Å². The van der Waals surface area contributed by atoms with E-state index in [4.69, 9.17) is 0 Å². The largest absolute Gasteiger partial charge is 0.0622 e. The monoisotopic (exact) mass is 161 g/mol. The van der Waals surface area contributed by atoms with Crippen LogP contribution in [0.3, 0.4) is 0 Å². The van der Waals surface area contributed by atoms with Gasteiger partial charge in [0.05, 0.1) is 0 Å². The second-order valence-corrected chi connectivity index (χ2v) is 3.76. The standard InChI is InChI=1S/C12H17/c1-9(2)11(4)12-7-5-10(3)6-8-12/h5-9,11H,4H2,1-3H3. The third-order valence-electron chi connectivity index (χ3n) is 2.31. The number of aryl methyl sites for hydroxylation is 1.